The van der Waals surface area contributed by atoms with Crippen LogP contribution in [0.25, 0.3) is 0 Å². The Morgan fingerprint density at radius 3 is 2.53 bits per heavy atom. The van der Waals surface area contributed by atoms with Gasteiger partial charge in [0.2, 0.25) is 11.8 Å². The number of ether oxygens (including phenoxy) is 1. The summed E-state index contributed by atoms with van der Waals surface area (Å²) in [5.41, 5.74) is 4.01. The average molecular weight is 291 g/mol. The molecule has 0 bridgehead atoms. The third-order valence-corrected chi connectivity index (χ3v) is 2.12. The average Bonchev–Trinajstić information content (AvgIpc) is 2.26. The van der Waals surface area contributed by atoms with Crippen LogP contribution in [0, 0.1) is 0 Å². The summed E-state index contributed by atoms with van der Waals surface area (Å²) in [6.07, 6.45) is -2.01. The lowest BCUT2D eigenvalue weighted by Crippen LogP contribution is -2.11. The summed E-state index contributed by atoms with van der Waals surface area (Å²) in [6, 6.07) is 2.01. The lowest BCUT2D eigenvalue weighted by Gasteiger charge is -2.09. The molecule has 2 aromatic heterocycles. The Bertz CT molecular complexity index is 606. The predicted octanol–water partition coefficient (Wildman–Crippen LogP) is 2.92. The number of hydrogen-bond acceptors (Lipinski definition) is 5. The summed E-state index contributed by atoms with van der Waals surface area (Å²) in [5.74, 6) is -0.748. The van der Waals surface area contributed by atoms with Gasteiger partial charge < -0.3 is 10.5 Å². The fourth-order valence-electron chi connectivity index (χ4n) is 1.21. The molecular formula is C10H6ClF3N4O. The molecule has 0 aromatic carbocycles. The van der Waals surface area contributed by atoms with Gasteiger partial charge in [0.1, 0.15) is 5.75 Å². The fraction of sp³-hybridized carbons (Fsp3) is 0.100. The number of pyridine rings is 1. The maximum absolute atomic E-state index is 12.5. The normalized spacial score (nSPS) is 11.4. The first kappa shape index (κ1) is 13.3. The van der Waals surface area contributed by atoms with Crippen LogP contribution in [0.2, 0.25) is 5.02 Å². The van der Waals surface area contributed by atoms with Crippen molar-refractivity contribution in [3.63, 3.8) is 0 Å². The SMILES string of the molecule is Nc1nc(Oc2cncc(Cl)c2)cc(C(F)(F)F)n1. The van der Waals surface area contributed by atoms with Crippen molar-refractivity contribution in [1.29, 1.82) is 0 Å². The molecule has 2 aromatic rings. The number of aromatic nitrogens is 3. The molecule has 9 heteroatoms. The first-order valence-corrected chi connectivity index (χ1v) is 5.22. The van der Waals surface area contributed by atoms with E-state index in [2.05, 4.69) is 15.0 Å². The molecule has 5 nitrogen and oxygen atoms in total. The highest BCUT2D eigenvalue weighted by atomic mass is 35.5. The number of anilines is 1. The van der Waals surface area contributed by atoms with Crippen molar-refractivity contribution < 1.29 is 17.9 Å². The van der Waals surface area contributed by atoms with Gasteiger partial charge in [-0.15, -0.1) is 0 Å². The monoisotopic (exact) mass is 290 g/mol. The Morgan fingerprint density at radius 1 is 1.16 bits per heavy atom. The second-order valence-electron chi connectivity index (χ2n) is 3.39. The van der Waals surface area contributed by atoms with Crippen molar-refractivity contribution in [3.05, 3.63) is 35.2 Å². The van der Waals surface area contributed by atoms with Gasteiger partial charge in [0.25, 0.3) is 0 Å². The number of nitrogens with zero attached hydrogens (tertiary/aromatic N) is 3. The standard InChI is InChI=1S/C10H6ClF3N4O/c11-5-1-6(4-16-3-5)19-8-2-7(10(12,13)14)17-9(15)18-8/h1-4H,(H2,15,17,18). The Balaban J connectivity index is 2.33. The van der Waals surface area contributed by atoms with Crippen molar-refractivity contribution in [2.24, 2.45) is 0 Å². The van der Waals surface area contributed by atoms with E-state index < -0.39 is 17.8 Å². The molecule has 2 rings (SSSR count). The van der Waals surface area contributed by atoms with Crippen molar-refractivity contribution in [1.82, 2.24) is 15.0 Å². The first-order chi connectivity index (χ1) is 8.84. The molecule has 0 aliphatic rings. The van der Waals surface area contributed by atoms with Gasteiger partial charge in [0.05, 0.1) is 11.2 Å². The number of nitrogens with two attached hydrogens (primary N) is 1. The quantitative estimate of drug-likeness (QED) is 0.920. The molecule has 0 aliphatic carbocycles. The molecule has 19 heavy (non-hydrogen) atoms. The minimum absolute atomic E-state index is 0.138. The summed E-state index contributed by atoms with van der Waals surface area (Å²) in [5, 5.41) is 0.274. The lowest BCUT2D eigenvalue weighted by molar-refractivity contribution is -0.141. The maximum Gasteiger partial charge on any atom is 0.433 e. The number of rotatable bonds is 2. The number of hydrogen-bond donors (Lipinski definition) is 1. The van der Waals surface area contributed by atoms with E-state index in [0.717, 1.165) is 0 Å². The molecule has 0 spiro atoms. The second kappa shape index (κ2) is 4.88. The van der Waals surface area contributed by atoms with Crippen molar-refractivity contribution in [3.8, 4) is 11.6 Å². The van der Waals surface area contributed by atoms with Gasteiger partial charge in [-0.2, -0.15) is 18.2 Å². The highest BCUT2D eigenvalue weighted by molar-refractivity contribution is 6.30. The number of nitrogen functional groups attached to an aromatic ring is 1. The molecule has 0 radical (unpaired) electrons. The zero-order valence-corrected chi connectivity index (χ0v) is 9.90. The molecule has 0 fully saturated rings. The van der Waals surface area contributed by atoms with Crippen LogP contribution in [-0.4, -0.2) is 15.0 Å². The van der Waals surface area contributed by atoms with Crippen LogP contribution in [0.15, 0.2) is 24.5 Å². The van der Waals surface area contributed by atoms with Crippen LogP contribution in [-0.2, 0) is 6.18 Å². The van der Waals surface area contributed by atoms with Crippen molar-refractivity contribution >= 4 is 17.5 Å². The van der Waals surface area contributed by atoms with Gasteiger partial charge >= 0.3 is 6.18 Å². The Morgan fingerprint density at radius 2 is 1.89 bits per heavy atom. The van der Waals surface area contributed by atoms with E-state index in [1.54, 1.807) is 0 Å². The van der Waals surface area contributed by atoms with Gasteiger partial charge in [0.15, 0.2) is 5.69 Å². The van der Waals surface area contributed by atoms with Crippen LogP contribution in [0.1, 0.15) is 5.69 Å². The highest BCUT2D eigenvalue weighted by Crippen LogP contribution is 2.31. The van der Waals surface area contributed by atoms with Crippen LogP contribution >= 0.6 is 11.6 Å². The molecule has 0 aliphatic heterocycles. The molecule has 0 saturated carbocycles. The van der Waals surface area contributed by atoms with Gasteiger partial charge in [-0.25, -0.2) is 4.98 Å². The van der Waals surface area contributed by atoms with Gasteiger partial charge in [-0.05, 0) is 0 Å². The van der Waals surface area contributed by atoms with E-state index in [-0.39, 0.29) is 16.7 Å². The number of alkyl halides is 3. The summed E-state index contributed by atoms with van der Waals surface area (Å²) in [6.45, 7) is 0. The van der Waals surface area contributed by atoms with E-state index in [4.69, 9.17) is 22.1 Å². The van der Waals surface area contributed by atoms with E-state index in [1.807, 2.05) is 0 Å². The van der Waals surface area contributed by atoms with Crippen LogP contribution in [0.3, 0.4) is 0 Å². The Kier molecular flexibility index (Phi) is 3.43. The van der Waals surface area contributed by atoms with Crippen molar-refractivity contribution in [2.75, 3.05) is 5.73 Å². The summed E-state index contributed by atoms with van der Waals surface area (Å²) >= 11 is 5.67. The van der Waals surface area contributed by atoms with Gasteiger partial charge in [0, 0.05) is 18.3 Å². The fourth-order valence-corrected chi connectivity index (χ4v) is 1.37. The third-order valence-electron chi connectivity index (χ3n) is 1.91. The first-order valence-electron chi connectivity index (χ1n) is 4.85. The van der Waals surface area contributed by atoms with Crippen LogP contribution in [0.5, 0.6) is 11.6 Å². The Hall–Kier alpha value is -2.09. The minimum Gasteiger partial charge on any atom is -0.437 e. The van der Waals surface area contributed by atoms with Crippen LogP contribution in [0.4, 0.5) is 19.1 Å². The van der Waals surface area contributed by atoms with E-state index in [9.17, 15) is 13.2 Å². The van der Waals surface area contributed by atoms with Gasteiger partial charge in [-0.1, -0.05) is 11.6 Å². The molecule has 0 saturated heterocycles. The van der Waals surface area contributed by atoms with Gasteiger partial charge in [-0.3, -0.25) is 4.98 Å². The molecule has 2 heterocycles. The summed E-state index contributed by atoms with van der Waals surface area (Å²) in [4.78, 5) is 10.4. The summed E-state index contributed by atoms with van der Waals surface area (Å²) in [7, 11) is 0. The molecule has 0 amide bonds. The zero-order valence-electron chi connectivity index (χ0n) is 9.15. The van der Waals surface area contributed by atoms with E-state index in [0.29, 0.717) is 6.07 Å². The smallest absolute Gasteiger partial charge is 0.433 e. The van der Waals surface area contributed by atoms with E-state index >= 15 is 0 Å². The maximum atomic E-state index is 12.5. The molecule has 100 valence electrons. The minimum atomic E-state index is -4.64. The number of halogens is 4. The molecule has 0 atom stereocenters. The lowest BCUT2D eigenvalue weighted by atomic mass is 10.4. The highest BCUT2D eigenvalue weighted by Gasteiger charge is 2.33. The molecule has 2 N–H and O–H groups in total. The predicted molar refractivity (Wildman–Crippen MR) is 60.8 cm³/mol. The Labute approximate surface area is 110 Å². The molecule has 0 unspecified atom stereocenters. The topological polar surface area (TPSA) is 73.9 Å². The second-order valence-corrected chi connectivity index (χ2v) is 3.82. The van der Waals surface area contributed by atoms with E-state index in [1.165, 1.54) is 18.5 Å². The largest absolute Gasteiger partial charge is 0.437 e. The molecular weight excluding hydrogens is 285 g/mol. The zero-order chi connectivity index (χ0) is 14.0. The van der Waals surface area contributed by atoms with Crippen LogP contribution < -0.4 is 10.5 Å². The summed E-state index contributed by atoms with van der Waals surface area (Å²) < 4.78 is 42.6. The van der Waals surface area contributed by atoms with Crippen molar-refractivity contribution in [2.45, 2.75) is 6.18 Å². The third kappa shape index (κ3) is 3.44.